The van der Waals surface area contributed by atoms with Crippen molar-refractivity contribution in [2.75, 3.05) is 11.5 Å². The monoisotopic (exact) mass is 274 g/mol. The van der Waals surface area contributed by atoms with Crippen LogP contribution in [0.15, 0.2) is 12.1 Å². The molecule has 0 spiro atoms. The summed E-state index contributed by atoms with van der Waals surface area (Å²) >= 11 is 1.85. The second kappa shape index (κ2) is 5.78. The molecular weight excluding hydrogens is 261 g/mol. The van der Waals surface area contributed by atoms with Crippen LogP contribution in [-0.4, -0.2) is 17.3 Å². The van der Waals surface area contributed by atoms with E-state index in [-0.39, 0.29) is 23.7 Å². The predicted molar refractivity (Wildman–Crippen MR) is 65.3 cm³/mol. The third-order valence-corrected chi connectivity index (χ3v) is 4.17. The first-order valence-electron chi connectivity index (χ1n) is 5.83. The van der Waals surface area contributed by atoms with Gasteiger partial charge in [0.15, 0.2) is 23.2 Å². The summed E-state index contributed by atoms with van der Waals surface area (Å²) in [6, 6.07) is 1.55. The number of halogens is 3. The number of Topliss-reactive ketones (excluding diaryl/α,β-unsaturated/α-hetero) is 1. The zero-order valence-electron chi connectivity index (χ0n) is 9.72. The molecule has 1 saturated heterocycles. The molecule has 1 aromatic carbocycles. The average molecular weight is 274 g/mol. The third-order valence-electron chi connectivity index (χ3n) is 3.12. The molecule has 1 nitrogen and oxygen atoms in total. The Bertz CT molecular complexity index is 433. The number of thioether (sulfide) groups is 1. The molecule has 1 heterocycles. The molecule has 2 rings (SSSR count). The third kappa shape index (κ3) is 3.07. The normalized spacial score (nSPS) is 16.8. The molecule has 1 aromatic rings. The molecule has 0 aromatic heterocycles. The van der Waals surface area contributed by atoms with E-state index in [0.29, 0.717) is 0 Å². The highest BCUT2D eigenvalue weighted by Crippen LogP contribution is 2.27. The van der Waals surface area contributed by atoms with E-state index in [1.54, 1.807) is 0 Å². The van der Waals surface area contributed by atoms with Crippen LogP contribution in [0.5, 0.6) is 0 Å². The van der Waals surface area contributed by atoms with Crippen LogP contribution < -0.4 is 0 Å². The standard InChI is InChI=1S/C13H13F3OS/c14-10-6-9(7-11(15)13(10)16)12(17)5-8-1-3-18-4-2-8/h6-8H,1-5H2. The van der Waals surface area contributed by atoms with Crippen molar-refractivity contribution in [1.29, 1.82) is 0 Å². The number of carbonyl (C=O) groups is 1. The van der Waals surface area contributed by atoms with Crippen LogP contribution in [0.2, 0.25) is 0 Å². The number of benzene rings is 1. The Hall–Kier alpha value is -0.970. The summed E-state index contributed by atoms with van der Waals surface area (Å²) in [5.74, 6) is -2.15. The fraction of sp³-hybridized carbons (Fsp3) is 0.462. The van der Waals surface area contributed by atoms with E-state index in [0.717, 1.165) is 36.5 Å². The van der Waals surface area contributed by atoms with Crippen LogP contribution in [0.1, 0.15) is 29.6 Å². The van der Waals surface area contributed by atoms with Crippen molar-refractivity contribution in [2.24, 2.45) is 5.92 Å². The van der Waals surface area contributed by atoms with Crippen LogP contribution in [0, 0.1) is 23.4 Å². The van der Waals surface area contributed by atoms with Crippen molar-refractivity contribution in [1.82, 2.24) is 0 Å². The van der Waals surface area contributed by atoms with E-state index in [9.17, 15) is 18.0 Å². The van der Waals surface area contributed by atoms with E-state index < -0.39 is 17.5 Å². The summed E-state index contributed by atoms with van der Waals surface area (Å²) in [6.07, 6.45) is 2.18. The van der Waals surface area contributed by atoms with Gasteiger partial charge in [0.2, 0.25) is 0 Å². The molecule has 0 atom stereocenters. The molecular formula is C13H13F3OS. The molecule has 1 fully saturated rings. The van der Waals surface area contributed by atoms with Gasteiger partial charge in [-0.2, -0.15) is 11.8 Å². The molecule has 0 radical (unpaired) electrons. The van der Waals surface area contributed by atoms with Gasteiger partial charge in [0.1, 0.15) is 0 Å². The molecule has 18 heavy (non-hydrogen) atoms. The van der Waals surface area contributed by atoms with Crippen LogP contribution in [-0.2, 0) is 0 Å². The van der Waals surface area contributed by atoms with Gasteiger partial charge in [-0.1, -0.05) is 0 Å². The minimum atomic E-state index is -1.53. The van der Waals surface area contributed by atoms with Gasteiger partial charge in [-0.3, -0.25) is 4.79 Å². The lowest BCUT2D eigenvalue weighted by Crippen LogP contribution is -2.15. The lowest BCUT2D eigenvalue weighted by atomic mass is 9.93. The summed E-state index contributed by atoms with van der Waals surface area (Å²) in [4.78, 5) is 11.9. The summed E-state index contributed by atoms with van der Waals surface area (Å²) in [7, 11) is 0. The topological polar surface area (TPSA) is 17.1 Å². The van der Waals surface area contributed by atoms with Crippen molar-refractivity contribution in [3.63, 3.8) is 0 Å². The van der Waals surface area contributed by atoms with Crippen molar-refractivity contribution in [2.45, 2.75) is 19.3 Å². The Morgan fingerprint density at radius 3 is 2.28 bits per heavy atom. The number of carbonyl (C=O) groups excluding carboxylic acids is 1. The highest BCUT2D eigenvalue weighted by atomic mass is 32.2. The molecule has 1 aliphatic rings. The van der Waals surface area contributed by atoms with E-state index in [1.807, 2.05) is 11.8 Å². The van der Waals surface area contributed by atoms with Gasteiger partial charge in [0.25, 0.3) is 0 Å². The van der Waals surface area contributed by atoms with Gasteiger partial charge in [-0.05, 0) is 42.4 Å². The van der Waals surface area contributed by atoms with E-state index >= 15 is 0 Å². The second-order valence-corrected chi connectivity index (χ2v) is 5.66. The maximum Gasteiger partial charge on any atom is 0.194 e. The largest absolute Gasteiger partial charge is 0.294 e. The smallest absolute Gasteiger partial charge is 0.194 e. The Balaban J connectivity index is 2.08. The zero-order valence-corrected chi connectivity index (χ0v) is 10.5. The van der Waals surface area contributed by atoms with Crippen LogP contribution in [0.3, 0.4) is 0 Å². The van der Waals surface area contributed by atoms with E-state index in [4.69, 9.17) is 0 Å². The molecule has 0 saturated carbocycles. The average Bonchev–Trinajstić information content (AvgIpc) is 2.36. The van der Waals surface area contributed by atoms with Crippen LogP contribution in [0.25, 0.3) is 0 Å². The number of hydrogen-bond acceptors (Lipinski definition) is 2. The summed E-state index contributed by atoms with van der Waals surface area (Å²) in [5.41, 5.74) is -0.0790. The Morgan fingerprint density at radius 2 is 1.72 bits per heavy atom. The highest BCUT2D eigenvalue weighted by molar-refractivity contribution is 7.99. The van der Waals surface area contributed by atoms with Crippen molar-refractivity contribution >= 4 is 17.5 Å². The lowest BCUT2D eigenvalue weighted by molar-refractivity contribution is 0.0957. The van der Waals surface area contributed by atoms with Gasteiger partial charge in [-0.15, -0.1) is 0 Å². The van der Waals surface area contributed by atoms with Gasteiger partial charge >= 0.3 is 0 Å². The Kier molecular flexibility index (Phi) is 4.32. The number of rotatable bonds is 3. The minimum absolute atomic E-state index is 0.0790. The van der Waals surface area contributed by atoms with Crippen LogP contribution in [0.4, 0.5) is 13.2 Å². The van der Waals surface area contributed by atoms with Crippen LogP contribution >= 0.6 is 11.8 Å². The quantitative estimate of drug-likeness (QED) is 0.615. The summed E-state index contributed by atoms with van der Waals surface area (Å²) in [6.45, 7) is 0. The first kappa shape index (κ1) is 13.5. The van der Waals surface area contributed by atoms with E-state index in [2.05, 4.69) is 0 Å². The van der Waals surface area contributed by atoms with Crippen molar-refractivity contribution < 1.29 is 18.0 Å². The SMILES string of the molecule is O=C(CC1CCSCC1)c1cc(F)c(F)c(F)c1. The summed E-state index contributed by atoms with van der Waals surface area (Å²) < 4.78 is 38.8. The first-order valence-corrected chi connectivity index (χ1v) is 6.99. The van der Waals surface area contributed by atoms with Crippen molar-refractivity contribution in [3.05, 3.63) is 35.1 Å². The lowest BCUT2D eigenvalue weighted by Gasteiger charge is -2.20. The second-order valence-electron chi connectivity index (χ2n) is 4.44. The van der Waals surface area contributed by atoms with Gasteiger partial charge < -0.3 is 0 Å². The van der Waals surface area contributed by atoms with Gasteiger partial charge in [0, 0.05) is 12.0 Å². The fourth-order valence-corrected chi connectivity index (χ4v) is 3.25. The molecule has 5 heteroatoms. The summed E-state index contributed by atoms with van der Waals surface area (Å²) in [5, 5.41) is 0. The number of hydrogen-bond donors (Lipinski definition) is 0. The molecule has 0 N–H and O–H groups in total. The maximum absolute atomic E-state index is 13.0. The van der Waals surface area contributed by atoms with E-state index in [1.165, 1.54) is 0 Å². The minimum Gasteiger partial charge on any atom is -0.294 e. The first-order chi connectivity index (χ1) is 8.58. The molecule has 0 unspecified atom stereocenters. The molecule has 1 aliphatic heterocycles. The van der Waals surface area contributed by atoms with Gasteiger partial charge in [-0.25, -0.2) is 13.2 Å². The predicted octanol–water partition coefficient (Wildman–Crippen LogP) is 3.82. The molecule has 0 aliphatic carbocycles. The molecule has 0 amide bonds. The Morgan fingerprint density at radius 1 is 1.17 bits per heavy atom. The molecule has 0 bridgehead atoms. The van der Waals surface area contributed by atoms with Crippen molar-refractivity contribution in [3.8, 4) is 0 Å². The highest BCUT2D eigenvalue weighted by Gasteiger charge is 2.20. The Labute approximate surface area is 108 Å². The zero-order chi connectivity index (χ0) is 13.1. The van der Waals surface area contributed by atoms with Gasteiger partial charge in [0.05, 0.1) is 0 Å². The molecule has 98 valence electrons. The number of ketones is 1. The maximum atomic E-state index is 13.0. The fourth-order valence-electron chi connectivity index (χ4n) is 2.05.